The highest BCUT2D eigenvalue weighted by molar-refractivity contribution is 6.42. The number of halogens is 1. The lowest BCUT2D eigenvalue weighted by Crippen LogP contribution is -2.17. The van der Waals surface area contributed by atoms with Crippen LogP contribution in [0.3, 0.4) is 0 Å². The third-order valence-corrected chi connectivity index (χ3v) is 2.41. The largest absolute Gasteiger partial charge is 0.397 e. The Kier molecular flexibility index (Phi) is 15.8. The first-order chi connectivity index (χ1) is 4.81. The van der Waals surface area contributed by atoms with Gasteiger partial charge in [0.25, 0.3) is 0 Å². The number of hydrogen-bond acceptors (Lipinski definition) is 2. The Morgan fingerprint density at radius 1 is 1.10 bits per heavy atom. The number of hydrogen-bond donors (Lipinski definition) is 0. The van der Waals surface area contributed by atoms with Gasteiger partial charge in [0, 0.05) is 19.6 Å². The monoisotopic (exact) mass is 184 g/mol. The second-order valence-corrected chi connectivity index (χ2v) is 3.28. The lowest BCUT2D eigenvalue weighted by atomic mass is 10.9. The van der Waals surface area contributed by atoms with Crippen molar-refractivity contribution in [1.82, 2.24) is 0 Å². The average Bonchev–Trinajstić information content (AvgIpc) is 1.93. The zero-order chi connectivity index (χ0) is 8.41. The summed E-state index contributed by atoms with van der Waals surface area (Å²) < 4.78 is 10.4. The van der Waals surface area contributed by atoms with Gasteiger partial charge in [-0.1, -0.05) is 0 Å². The summed E-state index contributed by atoms with van der Waals surface area (Å²) in [5, 5.41) is 0. The smallest absolute Gasteiger partial charge is 0.318 e. The summed E-state index contributed by atoms with van der Waals surface area (Å²) in [6.07, 6.45) is 1.47. The molecule has 0 bridgehead atoms. The average molecular weight is 185 g/mol. The molecule has 0 unspecified atom stereocenters. The lowest BCUT2D eigenvalue weighted by molar-refractivity contribution is 0.219. The van der Waals surface area contributed by atoms with Gasteiger partial charge in [-0.05, 0) is 20.4 Å². The minimum Gasteiger partial charge on any atom is -0.397 e. The topological polar surface area (TPSA) is 18.5 Å². The third kappa shape index (κ3) is 11.3. The van der Waals surface area contributed by atoms with Crippen molar-refractivity contribution >= 4 is 20.9 Å². The number of rotatable bonds is 4. The van der Waals surface area contributed by atoms with E-state index in [1.165, 1.54) is 6.38 Å². The summed E-state index contributed by atoms with van der Waals surface area (Å²) in [5.41, 5.74) is 0. The summed E-state index contributed by atoms with van der Waals surface area (Å²) in [6, 6.07) is 0. The molecule has 0 heterocycles. The molecule has 0 radical (unpaired) electrons. The van der Waals surface area contributed by atoms with Gasteiger partial charge in [0.2, 0.25) is 0 Å². The normalized spacial score (nSPS) is 9.00. The summed E-state index contributed by atoms with van der Waals surface area (Å²) in [6.45, 7) is 7.58. The Balaban J connectivity index is 0. The highest BCUT2D eigenvalue weighted by Gasteiger charge is 1.99. The molecule has 64 valence electrons. The van der Waals surface area contributed by atoms with Crippen molar-refractivity contribution in [1.29, 1.82) is 0 Å². The molecule has 4 heteroatoms. The van der Waals surface area contributed by atoms with Crippen molar-refractivity contribution in [2.75, 3.05) is 19.6 Å². The van der Waals surface area contributed by atoms with E-state index in [0.29, 0.717) is 0 Å². The van der Waals surface area contributed by atoms with Crippen molar-refractivity contribution in [2.45, 2.75) is 20.4 Å². The van der Waals surface area contributed by atoms with Crippen LogP contribution in [-0.4, -0.2) is 28.9 Å². The second kappa shape index (κ2) is 12.1. The van der Waals surface area contributed by atoms with Crippen LogP contribution in [0.25, 0.3) is 0 Å². The summed E-state index contributed by atoms with van der Waals surface area (Å²) in [7, 11) is -1.20. The molecule has 2 nitrogen and oxygen atoms in total. The molecule has 0 N–H and O–H groups in total. The maximum Gasteiger partial charge on any atom is 0.318 e. The van der Waals surface area contributed by atoms with E-state index in [1.54, 1.807) is 0 Å². The molecule has 0 aromatic rings. The molecule has 0 aliphatic rings. The molecule has 0 aromatic heterocycles. The highest BCUT2D eigenvalue weighted by Crippen LogP contribution is 1.85. The SMILES string of the molecule is CCO[SiH](C)OCC.CCl. The molecule has 0 aliphatic heterocycles. The summed E-state index contributed by atoms with van der Waals surface area (Å²) in [4.78, 5) is 0. The molecular formula is C6H17ClO2Si. The fourth-order valence-electron chi connectivity index (χ4n) is 0.518. The van der Waals surface area contributed by atoms with Crippen LogP contribution in [0.1, 0.15) is 13.8 Å². The Hall–Kier alpha value is 0.427. The van der Waals surface area contributed by atoms with Crippen LogP contribution in [0.5, 0.6) is 0 Å². The van der Waals surface area contributed by atoms with Crippen LogP contribution in [0.15, 0.2) is 0 Å². The van der Waals surface area contributed by atoms with Gasteiger partial charge in [-0.15, -0.1) is 11.6 Å². The van der Waals surface area contributed by atoms with Crippen LogP contribution in [0, 0.1) is 0 Å². The molecule has 0 rings (SSSR count). The van der Waals surface area contributed by atoms with Crippen molar-refractivity contribution in [3.63, 3.8) is 0 Å². The van der Waals surface area contributed by atoms with E-state index >= 15 is 0 Å². The fourth-order valence-corrected chi connectivity index (χ4v) is 1.55. The lowest BCUT2D eigenvalue weighted by Gasteiger charge is -2.07. The van der Waals surface area contributed by atoms with Crippen LogP contribution in [0.4, 0.5) is 0 Å². The fraction of sp³-hybridized carbons (Fsp3) is 1.00. The predicted octanol–water partition coefficient (Wildman–Crippen LogP) is 1.76. The molecule has 0 atom stereocenters. The van der Waals surface area contributed by atoms with E-state index in [-0.39, 0.29) is 0 Å². The second-order valence-electron chi connectivity index (χ2n) is 1.48. The Bertz CT molecular complexity index is 49.0. The van der Waals surface area contributed by atoms with Crippen LogP contribution in [-0.2, 0) is 8.85 Å². The van der Waals surface area contributed by atoms with Crippen molar-refractivity contribution < 1.29 is 8.85 Å². The molecule has 0 amide bonds. The van der Waals surface area contributed by atoms with Crippen molar-refractivity contribution in [3.8, 4) is 0 Å². The molecule has 0 fully saturated rings. The van der Waals surface area contributed by atoms with Gasteiger partial charge < -0.3 is 8.85 Å². The van der Waals surface area contributed by atoms with Gasteiger partial charge in [-0.25, -0.2) is 0 Å². The first kappa shape index (κ1) is 13.0. The Labute approximate surface area is 70.3 Å². The van der Waals surface area contributed by atoms with Gasteiger partial charge in [0.05, 0.1) is 0 Å². The molecule has 0 saturated carbocycles. The van der Waals surface area contributed by atoms with Crippen LogP contribution >= 0.6 is 11.6 Å². The van der Waals surface area contributed by atoms with Gasteiger partial charge >= 0.3 is 9.28 Å². The first-order valence-corrected chi connectivity index (χ1v) is 6.27. The van der Waals surface area contributed by atoms with Gasteiger partial charge in [-0.2, -0.15) is 0 Å². The first-order valence-electron chi connectivity index (χ1n) is 3.42. The molecule has 0 aliphatic carbocycles. The quantitative estimate of drug-likeness (QED) is 0.490. The van der Waals surface area contributed by atoms with Gasteiger partial charge in [-0.3, -0.25) is 0 Å². The maximum absolute atomic E-state index is 5.20. The minimum absolute atomic E-state index is 0.785. The van der Waals surface area contributed by atoms with Gasteiger partial charge in [0.15, 0.2) is 0 Å². The van der Waals surface area contributed by atoms with Crippen molar-refractivity contribution in [3.05, 3.63) is 0 Å². The van der Waals surface area contributed by atoms with E-state index in [1.807, 2.05) is 20.4 Å². The highest BCUT2D eigenvalue weighted by atomic mass is 35.5. The van der Waals surface area contributed by atoms with E-state index in [4.69, 9.17) is 8.85 Å². The summed E-state index contributed by atoms with van der Waals surface area (Å²) >= 11 is 4.64. The molecular weight excluding hydrogens is 168 g/mol. The molecule has 10 heavy (non-hydrogen) atoms. The molecule has 0 saturated heterocycles. The van der Waals surface area contributed by atoms with Crippen LogP contribution in [0.2, 0.25) is 6.55 Å². The third-order valence-electron chi connectivity index (χ3n) is 0.803. The minimum atomic E-state index is -1.20. The maximum atomic E-state index is 5.20. The van der Waals surface area contributed by atoms with Crippen LogP contribution < -0.4 is 0 Å². The van der Waals surface area contributed by atoms with Gasteiger partial charge in [0.1, 0.15) is 0 Å². The zero-order valence-corrected chi connectivity index (χ0v) is 9.10. The number of alkyl halides is 1. The standard InChI is InChI=1S/C5H14O2Si.CH3Cl/c1-4-6-8(3)7-5-2;1-2/h8H,4-5H2,1-3H3;1H3. The Morgan fingerprint density at radius 3 is 1.60 bits per heavy atom. The van der Waals surface area contributed by atoms with E-state index in [2.05, 4.69) is 11.6 Å². The molecule has 0 aromatic carbocycles. The summed E-state index contributed by atoms with van der Waals surface area (Å²) in [5.74, 6) is 0. The van der Waals surface area contributed by atoms with E-state index < -0.39 is 9.28 Å². The zero-order valence-electron chi connectivity index (χ0n) is 7.19. The molecule has 0 spiro atoms. The van der Waals surface area contributed by atoms with E-state index in [0.717, 1.165) is 13.2 Å². The van der Waals surface area contributed by atoms with Crippen molar-refractivity contribution in [2.24, 2.45) is 0 Å². The van der Waals surface area contributed by atoms with E-state index in [9.17, 15) is 0 Å². The Morgan fingerprint density at radius 2 is 1.40 bits per heavy atom. The predicted molar refractivity (Wildman–Crippen MR) is 48.0 cm³/mol.